The number of rotatable bonds is 6. The van der Waals surface area contributed by atoms with E-state index in [1.54, 1.807) is 19.9 Å². The molecule has 0 spiro atoms. The molecular formula is C20H22ClN3O2. The van der Waals surface area contributed by atoms with Crippen molar-refractivity contribution in [3.8, 4) is 6.07 Å². The zero-order valence-corrected chi connectivity index (χ0v) is 15.9. The summed E-state index contributed by atoms with van der Waals surface area (Å²) in [6.07, 6.45) is 1.48. The van der Waals surface area contributed by atoms with Gasteiger partial charge in [0.05, 0.1) is 6.04 Å². The minimum atomic E-state index is -0.386. The number of nitrogens with one attached hydrogen (secondary N) is 2. The highest BCUT2D eigenvalue weighted by atomic mass is 35.5. The fraction of sp³-hybridized carbons (Fsp3) is 0.350. The molecule has 1 amide bonds. The van der Waals surface area contributed by atoms with Crippen molar-refractivity contribution in [2.45, 2.75) is 46.1 Å². The summed E-state index contributed by atoms with van der Waals surface area (Å²) in [6.45, 7) is 5.53. The molecule has 0 radical (unpaired) electrons. The van der Waals surface area contributed by atoms with Crippen LogP contribution in [0.4, 0.5) is 0 Å². The maximum absolute atomic E-state index is 12.4. The van der Waals surface area contributed by atoms with Crippen LogP contribution in [0.1, 0.15) is 53.8 Å². The van der Waals surface area contributed by atoms with E-state index in [0.717, 1.165) is 17.5 Å². The van der Waals surface area contributed by atoms with Gasteiger partial charge in [0.2, 0.25) is 5.91 Å². The van der Waals surface area contributed by atoms with Crippen LogP contribution in [-0.4, -0.2) is 10.9 Å². The van der Waals surface area contributed by atoms with E-state index < -0.39 is 0 Å². The van der Waals surface area contributed by atoms with Gasteiger partial charge in [-0.2, -0.15) is 5.26 Å². The van der Waals surface area contributed by atoms with Gasteiger partial charge in [-0.05, 0) is 55.5 Å². The van der Waals surface area contributed by atoms with Gasteiger partial charge in [0, 0.05) is 17.1 Å². The molecule has 26 heavy (non-hydrogen) atoms. The SMILES string of the molecule is CCC(NC(=O)CCc1c(C)[nH]c(=O)c(C#N)c1C)c1cccc(Cl)c1. The van der Waals surface area contributed by atoms with Crippen molar-refractivity contribution in [2.75, 3.05) is 0 Å². The number of H-pyrrole nitrogens is 1. The molecule has 1 aromatic carbocycles. The van der Waals surface area contributed by atoms with Crippen molar-refractivity contribution in [1.29, 1.82) is 5.26 Å². The molecule has 2 N–H and O–H groups in total. The van der Waals surface area contributed by atoms with E-state index in [4.69, 9.17) is 16.9 Å². The Hall–Kier alpha value is -2.58. The Bertz CT molecular complexity index is 912. The van der Waals surface area contributed by atoms with Gasteiger partial charge in [-0.25, -0.2) is 0 Å². The lowest BCUT2D eigenvalue weighted by atomic mass is 9.98. The molecule has 0 aliphatic rings. The average molecular weight is 372 g/mol. The Labute approximate surface area is 158 Å². The van der Waals surface area contributed by atoms with Gasteiger partial charge < -0.3 is 10.3 Å². The van der Waals surface area contributed by atoms with E-state index in [1.165, 1.54) is 0 Å². The molecule has 2 aromatic rings. The van der Waals surface area contributed by atoms with Crippen molar-refractivity contribution < 1.29 is 4.79 Å². The maximum atomic E-state index is 12.4. The first-order valence-electron chi connectivity index (χ1n) is 8.54. The first-order chi connectivity index (χ1) is 12.4. The molecular weight excluding hydrogens is 350 g/mol. The van der Waals surface area contributed by atoms with Gasteiger partial charge in [0.1, 0.15) is 11.6 Å². The van der Waals surface area contributed by atoms with Gasteiger partial charge in [-0.1, -0.05) is 30.7 Å². The number of pyridine rings is 1. The molecule has 1 heterocycles. The summed E-state index contributed by atoms with van der Waals surface area (Å²) in [5, 5.41) is 12.8. The molecule has 1 unspecified atom stereocenters. The maximum Gasteiger partial charge on any atom is 0.266 e. The van der Waals surface area contributed by atoms with E-state index in [9.17, 15) is 9.59 Å². The predicted molar refractivity (Wildman–Crippen MR) is 102 cm³/mol. The Morgan fingerprint density at radius 1 is 1.38 bits per heavy atom. The van der Waals surface area contributed by atoms with Crippen LogP contribution in [0.5, 0.6) is 0 Å². The number of carbonyl (C=O) groups is 1. The standard InChI is InChI=1S/C20H22ClN3O2/c1-4-18(14-6-5-7-15(21)10-14)24-19(25)9-8-16-12(2)17(11-22)20(26)23-13(16)3/h5-7,10,18H,4,8-9H2,1-3H3,(H,23,26)(H,24,25). The van der Waals surface area contributed by atoms with Gasteiger partial charge in [-0.3, -0.25) is 9.59 Å². The summed E-state index contributed by atoms with van der Waals surface area (Å²) in [5.41, 5.74) is 2.87. The molecule has 136 valence electrons. The lowest BCUT2D eigenvalue weighted by Crippen LogP contribution is -2.28. The summed E-state index contributed by atoms with van der Waals surface area (Å²) in [5.74, 6) is -0.0830. The molecule has 0 saturated carbocycles. The highest BCUT2D eigenvalue weighted by Gasteiger charge is 2.16. The Kier molecular flexibility index (Phi) is 6.59. The fourth-order valence-corrected chi connectivity index (χ4v) is 3.27. The van der Waals surface area contributed by atoms with Crippen LogP contribution in [0.2, 0.25) is 5.02 Å². The average Bonchev–Trinajstić information content (AvgIpc) is 2.59. The second-order valence-corrected chi connectivity index (χ2v) is 6.69. The van der Waals surface area contributed by atoms with Crippen molar-refractivity contribution in [2.24, 2.45) is 0 Å². The lowest BCUT2D eigenvalue weighted by molar-refractivity contribution is -0.121. The zero-order chi connectivity index (χ0) is 19.3. The minimum Gasteiger partial charge on any atom is -0.349 e. The Morgan fingerprint density at radius 3 is 2.73 bits per heavy atom. The number of aromatic nitrogens is 1. The highest BCUT2D eigenvalue weighted by molar-refractivity contribution is 6.30. The molecule has 2 rings (SSSR count). The fourth-order valence-electron chi connectivity index (χ4n) is 3.07. The van der Waals surface area contributed by atoms with Crippen LogP contribution in [-0.2, 0) is 11.2 Å². The number of carbonyl (C=O) groups excluding carboxylic acids is 1. The number of nitrogens with zero attached hydrogens (tertiary/aromatic N) is 1. The summed E-state index contributed by atoms with van der Waals surface area (Å²) in [6, 6.07) is 9.28. The van der Waals surface area contributed by atoms with Crippen molar-refractivity contribution in [3.05, 3.63) is 67.6 Å². The highest BCUT2D eigenvalue weighted by Crippen LogP contribution is 2.21. The largest absolute Gasteiger partial charge is 0.349 e. The van der Waals surface area contributed by atoms with Crippen molar-refractivity contribution in [3.63, 3.8) is 0 Å². The van der Waals surface area contributed by atoms with Crippen LogP contribution in [0.3, 0.4) is 0 Å². The van der Waals surface area contributed by atoms with Gasteiger partial charge in [0.25, 0.3) is 5.56 Å². The third-order valence-electron chi connectivity index (χ3n) is 4.52. The van der Waals surface area contributed by atoms with Crippen molar-refractivity contribution in [1.82, 2.24) is 10.3 Å². The van der Waals surface area contributed by atoms with Crippen LogP contribution >= 0.6 is 11.6 Å². The summed E-state index contributed by atoms with van der Waals surface area (Å²) < 4.78 is 0. The van der Waals surface area contributed by atoms with Crippen LogP contribution in [0.25, 0.3) is 0 Å². The van der Waals surface area contributed by atoms with E-state index in [0.29, 0.717) is 22.7 Å². The quantitative estimate of drug-likeness (QED) is 0.811. The zero-order valence-electron chi connectivity index (χ0n) is 15.1. The number of aromatic amines is 1. The summed E-state index contributed by atoms with van der Waals surface area (Å²) >= 11 is 6.03. The van der Waals surface area contributed by atoms with E-state index >= 15 is 0 Å². The third kappa shape index (κ3) is 4.53. The van der Waals surface area contributed by atoms with E-state index in [2.05, 4.69) is 10.3 Å². The monoisotopic (exact) mass is 371 g/mol. The first kappa shape index (κ1) is 19.7. The minimum absolute atomic E-state index is 0.0830. The van der Waals surface area contributed by atoms with Crippen LogP contribution in [0, 0.1) is 25.2 Å². The normalized spacial score (nSPS) is 11.7. The molecule has 0 fully saturated rings. The second-order valence-electron chi connectivity index (χ2n) is 6.25. The van der Waals surface area contributed by atoms with Crippen LogP contribution < -0.4 is 10.9 Å². The molecule has 5 nitrogen and oxygen atoms in total. The van der Waals surface area contributed by atoms with E-state index in [1.807, 2.05) is 31.2 Å². The van der Waals surface area contributed by atoms with Crippen LogP contribution in [0.15, 0.2) is 29.1 Å². The lowest BCUT2D eigenvalue weighted by Gasteiger charge is -2.18. The number of amides is 1. The first-order valence-corrected chi connectivity index (χ1v) is 8.92. The topological polar surface area (TPSA) is 85.8 Å². The molecule has 0 bridgehead atoms. The number of halogens is 1. The third-order valence-corrected chi connectivity index (χ3v) is 4.75. The smallest absolute Gasteiger partial charge is 0.266 e. The molecule has 6 heteroatoms. The molecule has 0 saturated heterocycles. The predicted octanol–water partition coefficient (Wildman–Crippen LogP) is 3.72. The number of nitriles is 1. The number of hydrogen-bond donors (Lipinski definition) is 2. The molecule has 1 atom stereocenters. The van der Waals surface area contributed by atoms with Gasteiger partial charge in [0.15, 0.2) is 0 Å². The number of hydrogen-bond acceptors (Lipinski definition) is 3. The van der Waals surface area contributed by atoms with Gasteiger partial charge in [-0.15, -0.1) is 0 Å². The summed E-state index contributed by atoms with van der Waals surface area (Å²) in [7, 11) is 0. The van der Waals surface area contributed by atoms with Crippen molar-refractivity contribution >= 4 is 17.5 Å². The molecule has 1 aromatic heterocycles. The molecule has 0 aliphatic heterocycles. The van der Waals surface area contributed by atoms with E-state index in [-0.39, 0.29) is 29.5 Å². The number of aryl methyl sites for hydroxylation is 1. The number of benzene rings is 1. The Balaban J connectivity index is 2.09. The molecule has 0 aliphatic carbocycles. The van der Waals surface area contributed by atoms with Gasteiger partial charge >= 0.3 is 0 Å². The second kappa shape index (κ2) is 8.68. The summed E-state index contributed by atoms with van der Waals surface area (Å²) in [4.78, 5) is 26.9. The Morgan fingerprint density at radius 2 is 2.12 bits per heavy atom.